The molecule has 1 aromatic carbocycles. The maximum Gasteiger partial charge on any atom is 0.349 e. The first kappa shape index (κ1) is 21.0. The quantitative estimate of drug-likeness (QED) is 0.663. The van der Waals surface area contributed by atoms with E-state index in [1.165, 1.54) is 0 Å². The number of aromatic nitrogens is 1. The summed E-state index contributed by atoms with van der Waals surface area (Å²) < 4.78 is 5.40. The number of carbonyl (C=O) groups is 1. The summed E-state index contributed by atoms with van der Waals surface area (Å²) in [6.07, 6.45) is 4.45. The van der Waals surface area contributed by atoms with Crippen molar-refractivity contribution in [3.8, 4) is 0 Å². The monoisotopic (exact) mass is 413 g/mol. The molecular weight excluding hydrogens is 390 g/mol. The number of para-hydroxylation sites is 1. The van der Waals surface area contributed by atoms with E-state index in [4.69, 9.17) is 4.42 Å². The van der Waals surface area contributed by atoms with Gasteiger partial charge in [-0.3, -0.25) is 9.78 Å². The molecule has 1 aliphatic heterocycles. The fraction of sp³-hybridized carbons (Fsp3) is 0.318. The highest BCUT2D eigenvalue weighted by Gasteiger charge is 2.28. The number of benzene rings is 1. The maximum absolute atomic E-state index is 13.4. The first-order chi connectivity index (χ1) is 13.7. The highest BCUT2D eigenvalue weighted by atomic mass is 35.5. The van der Waals surface area contributed by atoms with E-state index in [0.717, 1.165) is 43.4 Å². The SMILES string of the molecule is Cl.O=C(c1cc2ccccc2oc1=O)N(Cc1ccccn1)C1CCCNCC1. The molecule has 1 saturated heterocycles. The Kier molecular flexibility index (Phi) is 7.01. The minimum Gasteiger partial charge on any atom is -0.422 e. The lowest BCUT2D eigenvalue weighted by Crippen LogP contribution is -2.42. The highest BCUT2D eigenvalue weighted by molar-refractivity contribution is 5.96. The van der Waals surface area contributed by atoms with Crippen molar-refractivity contribution in [3.63, 3.8) is 0 Å². The number of hydrogen-bond acceptors (Lipinski definition) is 5. The van der Waals surface area contributed by atoms with Crippen LogP contribution >= 0.6 is 12.4 Å². The predicted molar refractivity (Wildman–Crippen MR) is 114 cm³/mol. The minimum absolute atomic E-state index is 0. The van der Waals surface area contributed by atoms with Gasteiger partial charge in [-0.1, -0.05) is 24.3 Å². The maximum atomic E-state index is 13.4. The van der Waals surface area contributed by atoms with Crippen molar-refractivity contribution >= 4 is 29.3 Å². The van der Waals surface area contributed by atoms with E-state index in [9.17, 15) is 9.59 Å². The van der Waals surface area contributed by atoms with Gasteiger partial charge in [0.15, 0.2) is 0 Å². The highest BCUT2D eigenvalue weighted by Crippen LogP contribution is 2.20. The molecular formula is C22H24ClN3O3. The molecule has 1 amide bonds. The van der Waals surface area contributed by atoms with Crippen LogP contribution < -0.4 is 10.9 Å². The summed E-state index contributed by atoms with van der Waals surface area (Å²) in [4.78, 5) is 32.1. The van der Waals surface area contributed by atoms with Crippen LogP contribution in [0.3, 0.4) is 0 Å². The predicted octanol–water partition coefficient (Wildman–Crippen LogP) is 3.39. The van der Waals surface area contributed by atoms with Crippen molar-refractivity contribution in [2.24, 2.45) is 0 Å². The van der Waals surface area contributed by atoms with Crippen molar-refractivity contribution in [2.45, 2.75) is 31.8 Å². The summed E-state index contributed by atoms with van der Waals surface area (Å²) >= 11 is 0. The third-order valence-corrected chi connectivity index (χ3v) is 5.18. The van der Waals surface area contributed by atoms with Gasteiger partial charge in [0.05, 0.1) is 12.2 Å². The van der Waals surface area contributed by atoms with Gasteiger partial charge in [0.25, 0.3) is 5.91 Å². The molecule has 2 aromatic heterocycles. The van der Waals surface area contributed by atoms with Crippen LogP contribution in [0, 0.1) is 0 Å². The summed E-state index contributed by atoms with van der Waals surface area (Å²) in [7, 11) is 0. The van der Waals surface area contributed by atoms with Gasteiger partial charge < -0.3 is 14.6 Å². The molecule has 1 unspecified atom stereocenters. The zero-order chi connectivity index (χ0) is 19.3. The second kappa shape index (κ2) is 9.67. The molecule has 29 heavy (non-hydrogen) atoms. The molecule has 3 heterocycles. The summed E-state index contributed by atoms with van der Waals surface area (Å²) in [5, 5.41) is 4.12. The topological polar surface area (TPSA) is 75.4 Å². The van der Waals surface area contributed by atoms with Crippen molar-refractivity contribution in [1.82, 2.24) is 15.2 Å². The lowest BCUT2D eigenvalue weighted by molar-refractivity contribution is 0.0638. The second-order valence-corrected chi connectivity index (χ2v) is 7.07. The molecule has 7 heteroatoms. The molecule has 1 aliphatic rings. The average molecular weight is 414 g/mol. The first-order valence-electron chi connectivity index (χ1n) is 9.67. The average Bonchev–Trinajstić information content (AvgIpc) is 3.01. The number of nitrogens with zero attached hydrogens (tertiary/aromatic N) is 2. The Bertz CT molecular complexity index is 1010. The second-order valence-electron chi connectivity index (χ2n) is 7.07. The first-order valence-corrected chi connectivity index (χ1v) is 9.67. The van der Waals surface area contributed by atoms with Crippen molar-refractivity contribution < 1.29 is 9.21 Å². The molecule has 1 atom stereocenters. The Morgan fingerprint density at radius 1 is 1.14 bits per heavy atom. The number of fused-ring (bicyclic) bond motifs is 1. The third-order valence-electron chi connectivity index (χ3n) is 5.18. The molecule has 0 bridgehead atoms. The zero-order valence-electron chi connectivity index (χ0n) is 16.0. The van der Waals surface area contributed by atoms with E-state index in [2.05, 4.69) is 10.3 Å². The number of halogens is 1. The van der Waals surface area contributed by atoms with Crippen LogP contribution in [0.4, 0.5) is 0 Å². The molecule has 0 spiro atoms. The number of pyridine rings is 1. The van der Waals surface area contributed by atoms with Gasteiger partial charge in [-0.15, -0.1) is 12.4 Å². The number of amides is 1. The van der Waals surface area contributed by atoms with Gasteiger partial charge in [0, 0.05) is 17.6 Å². The smallest absolute Gasteiger partial charge is 0.349 e. The van der Waals surface area contributed by atoms with Gasteiger partial charge in [-0.25, -0.2) is 4.79 Å². The van der Waals surface area contributed by atoms with Gasteiger partial charge in [-0.2, -0.15) is 0 Å². The fourth-order valence-electron chi connectivity index (χ4n) is 3.71. The Labute approximate surface area is 175 Å². The number of nitrogens with one attached hydrogen (secondary N) is 1. The summed E-state index contributed by atoms with van der Waals surface area (Å²) in [5.41, 5.74) is 0.769. The lowest BCUT2D eigenvalue weighted by atomic mass is 10.0. The van der Waals surface area contributed by atoms with Crippen LogP contribution in [0.15, 0.2) is 63.9 Å². The lowest BCUT2D eigenvalue weighted by Gasteiger charge is -2.30. The Balaban J connectivity index is 0.00000240. The van der Waals surface area contributed by atoms with E-state index in [1.807, 2.05) is 30.3 Å². The third kappa shape index (κ3) is 4.83. The van der Waals surface area contributed by atoms with E-state index < -0.39 is 5.63 Å². The van der Waals surface area contributed by atoms with Crippen LogP contribution in [0.5, 0.6) is 0 Å². The molecule has 6 nitrogen and oxygen atoms in total. The Morgan fingerprint density at radius 3 is 2.79 bits per heavy atom. The number of carbonyl (C=O) groups excluding carboxylic acids is 1. The van der Waals surface area contributed by atoms with E-state index >= 15 is 0 Å². The van der Waals surface area contributed by atoms with Crippen molar-refractivity contribution in [2.75, 3.05) is 13.1 Å². The zero-order valence-corrected chi connectivity index (χ0v) is 16.9. The van der Waals surface area contributed by atoms with Crippen molar-refractivity contribution in [3.05, 3.63) is 76.4 Å². The van der Waals surface area contributed by atoms with Crippen LogP contribution in [-0.2, 0) is 6.54 Å². The fourth-order valence-corrected chi connectivity index (χ4v) is 3.71. The van der Waals surface area contributed by atoms with Gasteiger partial charge in [0.2, 0.25) is 0 Å². The van der Waals surface area contributed by atoms with E-state index in [1.54, 1.807) is 29.3 Å². The van der Waals surface area contributed by atoms with Crippen LogP contribution in [-0.4, -0.2) is 34.9 Å². The van der Waals surface area contributed by atoms with Crippen LogP contribution in [0.1, 0.15) is 35.3 Å². The Hall–Kier alpha value is -2.70. The Morgan fingerprint density at radius 2 is 1.97 bits per heavy atom. The molecule has 0 saturated carbocycles. The molecule has 3 aromatic rings. The summed E-state index contributed by atoms with van der Waals surface area (Å²) in [5.74, 6) is -0.294. The van der Waals surface area contributed by atoms with Crippen LogP contribution in [0.2, 0.25) is 0 Å². The van der Waals surface area contributed by atoms with Gasteiger partial charge >= 0.3 is 5.63 Å². The normalized spacial score (nSPS) is 16.6. The molecule has 0 radical (unpaired) electrons. The molecule has 152 valence electrons. The molecule has 4 rings (SSSR count). The standard InChI is InChI=1S/C22H23N3O3.ClH/c26-21(19-14-16-6-1-2-9-20(16)28-22(19)27)25(15-17-7-3-4-12-24-17)18-8-5-11-23-13-10-18;/h1-4,6-7,9,12,14,18,23H,5,8,10-11,13,15H2;1H. The summed E-state index contributed by atoms with van der Waals surface area (Å²) in [6.45, 7) is 2.17. The number of rotatable bonds is 4. The largest absolute Gasteiger partial charge is 0.422 e. The summed E-state index contributed by atoms with van der Waals surface area (Å²) in [6, 6.07) is 14.6. The van der Waals surface area contributed by atoms with Gasteiger partial charge in [0.1, 0.15) is 11.1 Å². The van der Waals surface area contributed by atoms with Gasteiger partial charge in [-0.05, 0) is 56.6 Å². The molecule has 0 aliphatic carbocycles. The number of hydrogen-bond donors (Lipinski definition) is 1. The van der Waals surface area contributed by atoms with Crippen molar-refractivity contribution in [1.29, 1.82) is 0 Å². The molecule has 1 fully saturated rings. The molecule has 1 N–H and O–H groups in total. The van der Waals surface area contributed by atoms with E-state index in [0.29, 0.717) is 12.1 Å². The van der Waals surface area contributed by atoms with Crippen LogP contribution in [0.25, 0.3) is 11.0 Å². The van der Waals surface area contributed by atoms with E-state index in [-0.39, 0.29) is 29.9 Å². The minimum atomic E-state index is -0.596.